The van der Waals surface area contributed by atoms with Gasteiger partial charge in [-0.3, -0.25) is 16.3 Å². The molecular weight excluding hydrogens is 262 g/mol. The molecule has 0 fully saturated rings. The molecule has 0 bridgehead atoms. The summed E-state index contributed by atoms with van der Waals surface area (Å²) in [4.78, 5) is 4.61. The van der Waals surface area contributed by atoms with E-state index >= 15 is 0 Å². The Balaban J connectivity index is 1.97. The third-order valence-electron chi connectivity index (χ3n) is 4.27. The van der Waals surface area contributed by atoms with E-state index in [0.29, 0.717) is 5.92 Å². The van der Waals surface area contributed by atoms with Gasteiger partial charge in [-0.05, 0) is 48.6 Å². The van der Waals surface area contributed by atoms with Crippen molar-refractivity contribution >= 4 is 0 Å². The van der Waals surface area contributed by atoms with Gasteiger partial charge < -0.3 is 4.74 Å². The highest BCUT2D eigenvalue weighted by Gasteiger charge is 2.29. The number of aromatic nitrogens is 1. The minimum Gasteiger partial charge on any atom is -0.497 e. The third kappa shape index (κ3) is 2.77. The van der Waals surface area contributed by atoms with Gasteiger partial charge in [0.25, 0.3) is 0 Å². The molecule has 0 aliphatic heterocycles. The number of nitrogens with one attached hydrogen (secondary N) is 1. The molecule has 0 radical (unpaired) electrons. The highest BCUT2D eigenvalue weighted by atomic mass is 16.5. The average Bonchev–Trinajstić information content (AvgIpc) is 2.56. The summed E-state index contributed by atoms with van der Waals surface area (Å²) in [6.07, 6.45) is 5.24. The van der Waals surface area contributed by atoms with Crippen LogP contribution in [-0.4, -0.2) is 12.1 Å². The third-order valence-corrected chi connectivity index (χ3v) is 4.27. The van der Waals surface area contributed by atoms with Gasteiger partial charge in [0.05, 0.1) is 13.2 Å². The van der Waals surface area contributed by atoms with Crippen molar-refractivity contribution in [3.63, 3.8) is 0 Å². The molecule has 0 saturated carbocycles. The maximum absolute atomic E-state index is 5.87. The van der Waals surface area contributed by atoms with E-state index in [1.165, 1.54) is 17.7 Å². The molecule has 2 unspecified atom stereocenters. The van der Waals surface area contributed by atoms with E-state index in [4.69, 9.17) is 10.6 Å². The topological polar surface area (TPSA) is 60.2 Å². The van der Waals surface area contributed by atoms with Gasteiger partial charge in [-0.1, -0.05) is 18.2 Å². The Hall–Kier alpha value is -1.91. The lowest BCUT2D eigenvalue weighted by molar-refractivity contribution is 0.392. The Morgan fingerprint density at radius 2 is 2.24 bits per heavy atom. The van der Waals surface area contributed by atoms with Crippen molar-refractivity contribution in [2.24, 2.45) is 5.84 Å². The standard InChI is InChI=1S/C17H21N3O/c1-21-14-8-2-6-13(11-14)17(20-18)15-9-3-5-12-7-4-10-19-16(12)15/h2,4,6-8,10-11,15,17,20H,3,5,9,18H2,1H3. The summed E-state index contributed by atoms with van der Waals surface area (Å²) < 4.78 is 5.32. The number of hydrogen-bond donors (Lipinski definition) is 2. The van der Waals surface area contributed by atoms with Crippen molar-refractivity contribution in [1.29, 1.82) is 0 Å². The van der Waals surface area contributed by atoms with Gasteiger partial charge in [0, 0.05) is 17.8 Å². The molecular formula is C17H21N3O. The van der Waals surface area contributed by atoms with Crippen LogP contribution in [0.3, 0.4) is 0 Å². The summed E-state index contributed by atoms with van der Waals surface area (Å²) >= 11 is 0. The lowest BCUT2D eigenvalue weighted by Gasteiger charge is -2.31. The number of hydrogen-bond acceptors (Lipinski definition) is 4. The fourth-order valence-electron chi connectivity index (χ4n) is 3.25. The number of rotatable bonds is 4. The number of hydrazine groups is 1. The fraction of sp³-hybridized carbons (Fsp3) is 0.353. The normalized spacial score (nSPS) is 18.9. The maximum Gasteiger partial charge on any atom is 0.119 e. The summed E-state index contributed by atoms with van der Waals surface area (Å²) in [7, 11) is 1.68. The van der Waals surface area contributed by atoms with Crippen LogP contribution in [-0.2, 0) is 6.42 Å². The number of methoxy groups -OCH3 is 1. The van der Waals surface area contributed by atoms with Crippen molar-refractivity contribution in [3.05, 3.63) is 59.4 Å². The molecule has 0 spiro atoms. The lowest BCUT2D eigenvalue weighted by atomic mass is 9.80. The average molecular weight is 283 g/mol. The number of nitrogens with zero attached hydrogens (tertiary/aromatic N) is 1. The number of pyridine rings is 1. The number of benzene rings is 1. The first-order valence-electron chi connectivity index (χ1n) is 7.37. The molecule has 1 aromatic carbocycles. The van der Waals surface area contributed by atoms with Crippen LogP contribution in [0.2, 0.25) is 0 Å². The first-order valence-corrected chi connectivity index (χ1v) is 7.37. The molecule has 1 heterocycles. The van der Waals surface area contributed by atoms with Crippen molar-refractivity contribution in [3.8, 4) is 5.75 Å². The van der Waals surface area contributed by atoms with Gasteiger partial charge in [-0.2, -0.15) is 0 Å². The summed E-state index contributed by atoms with van der Waals surface area (Å²) in [5, 5.41) is 0. The zero-order valence-corrected chi connectivity index (χ0v) is 12.3. The molecule has 21 heavy (non-hydrogen) atoms. The van der Waals surface area contributed by atoms with Crippen LogP contribution in [0.15, 0.2) is 42.6 Å². The van der Waals surface area contributed by atoms with Crippen molar-refractivity contribution in [2.45, 2.75) is 31.2 Å². The van der Waals surface area contributed by atoms with Crippen LogP contribution in [0, 0.1) is 0 Å². The highest BCUT2D eigenvalue weighted by molar-refractivity contribution is 5.35. The summed E-state index contributed by atoms with van der Waals surface area (Å²) in [6.45, 7) is 0. The minimum atomic E-state index is 0.0500. The van der Waals surface area contributed by atoms with Crippen LogP contribution in [0.1, 0.15) is 41.6 Å². The molecule has 3 N–H and O–H groups in total. The molecule has 0 saturated heterocycles. The lowest BCUT2D eigenvalue weighted by Crippen LogP contribution is -2.34. The Bertz CT molecular complexity index is 614. The molecule has 2 aromatic rings. The van der Waals surface area contributed by atoms with Crippen LogP contribution in [0.5, 0.6) is 5.75 Å². The van der Waals surface area contributed by atoms with E-state index in [0.717, 1.165) is 24.2 Å². The second kappa shape index (κ2) is 6.24. The molecule has 4 heteroatoms. The summed E-state index contributed by atoms with van der Waals surface area (Å²) in [5.41, 5.74) is 6.64. The van der Waals surface area contributed by atoms with Crippen LogP contribution in [0.25, 0.3) is 0 Å². The van der Waals surface area contributed by atoms with E-state index in [2.05, 4.69) is 22.5 Å². The minimum absolute atomic E-state index is 0.0500. The van der Waals surface area contributed by atoms with Gasteiger partial charge in [-0.15, -0.1) is 0 Å². The largest absolute Gasteiger partial charge is 0.497 e. The molecule has 0 amide bonds. The van der Waals surface area contributed by atoms with E-state index in [-0.39, 0.29) is 6.04 Å². The highest BCUT2D eigenvalue weighted by Crippen LogP contribution is 2.39. The first kappa shape index (κ1) is 14.0. The van der Waals surface area contributed by atoms with Crippen LogP contribution < -0.4 is 16.0 Å². The number of ether oxygens (including phenoxy) is 1. The molecule has 1 aliphatic rings. The predicted octanol–water partition coefficient (Wildman–Crippen LogP) is 2.71. The summed E-state index contributed by atoms with van der Waals surface area (Å²) in [6, 6.07) is 12.3. The van der Waals surface area contributed by atoms with Crippen LogP contribution >= 0.6 is 0 Å². The first-order chi connectivity index (χ1) is 10.3. The Labute approximate surface area is 125 Å². The van der Waals surface area contributed by atoms with Gasteiger partial charge in [0.1, 0.15) is 5.75 Å². The molecule has 4 nitrogen and oxygen atoms in total. The van der Waals surface area contributed by atoms with E-state index in [1.807, 2.05) is 30.5 Å². The zero-order valence-electron chi connectivity index (χ0n) is 12.3. The summed E-state index contributed by atoms with van der Waals surface area (Å²) in [5.74, 6) is 7.02. The molecule has 110 valence electrons. The smallest absolute Gasteiger partial charge is 0.119 e. The fourth-order valence-corrected chi connectivity index (χ4v) is 3.25. The Kier molecular flexibility index (Phi) is 4.18. The zero-order chi connectivity index (χ0) is 14.7. The van der Waals surface area contributed by atoms with Crippen molar-refractivity contribution in [1.82, 2.24) is 10.4 Å². The van der Waals surface area contributed by atoms with E-state index < -0.39 is 0 Å². The maximum atomic E-state index is 5.87. The molecule has 3 rings (SSSR count). The van der Waals surface area contributed by atoms with Crippen LogP contribution in [0.4, 0.5) is 0 Å². The second-order valence-electron chi connectivity index (χ2n) is 5.47. The number of aryl methyl sites for hydroxylation is 1. The monoisotopic (exact) mass is 283 g/mol. The number of nitrogens with two attached hydrogens (primary N) is 1. The molecule has 1 aliphatic carbocycles. The van der Waals surface area contributed by atoms with Gasteiger partial charge in [-0.25, -0.2) is 0 Å². The molecule has 1 aromatic heterocycles. The van der Waals surface area contributed by atoms with Gasteiger partial charge in [0.2, 0.25) is 0 Å². The van der Waals surface area contributed by atoms with Gasteiger partial charge in [0.15, 0.2) is 0 Å². The second-order valence-corrected chi connectivity index (χ2v) is 5.47. The van der Waals surface area contributed by atoms with Crippen molar-refractivity contribution in [2.75, 3.05) is 7.11 Å². The quantitative estimate of drug-likeness (QED) is 0.669. The Morgan fingerprint density at radius 1 is 1.33 bits per heavy atom. The molecule has 2 atom stereocenters. The SMILES string of the molecule is COc1cccc(C(NN)C2CCCc3cccnc32)c1. The Morgan fingerprint density at radius 3 is 3.05 bits per heavy atom. The number of fused-ring (bicyclic) bond motifs is 1. The van der Waals surface area contributed by atoms with E-state index in [9.17, 15) is 0 Å². The van der Waals surface area contributed by atoms with Crippen molar-refractivity contribution < 1.29 is 4.74 Å². The predicted molar refractivity (Wildman–Crippen MR) is 83.0 cm³/mol. The van der Waals surface area contributed by atoms with E-state index in [1.54, 1.807) is 7.11 Å². The van der Waals surface area contributed by atoms with Gasteiger partial charge >= 0.3 is 0 Å².